The summed E-state index contributed by atoms with van der Waals surface area (Å²) in [4.78, 5) is 37.0. The van der Waals surface area contributed by atoms with E-state index in [4.69, 9.17) is 31.5 Å². The maximum Gasteiger partial charge on any atom is 0.490 e. The number of aliphatic carboxylic acids is 1. The molecular formula is C35H29ClF3N5O3. The van der Waals surface area contributed by atoms with Crippen molar-refractivity contribution in [3.8, 4) is 22.5 Å². The molecule has 4 aromatic carbocycles. The van der Waals surface area contributed by atoms with Crippen molar-refractivity contribution in [2.24, 2.45) is 0 Å². The van der Waals surface area contributed by atoms with Crippen molar-refractivity contribution in [3.05, 3.63) is 118 Å². The molecule has 6 aromatic rings. The Morgan fingerprint density at radius 1 is 0.851 bits per heavy atom. The second-order valence-corrected chi connectivity index (χ2v) is 11.7. The maximum absolute atomic E-state index is 12.7. The lowest BCUT2D eigenvalue weighted by Gasteiger charge is -2.32. The molecule has 0 aliphatic carbocycles. The zero-order valence-electron chi connectivity index (χ0n) is 24.9. The molecule has 7 rings (SSSR count). The fourth-order valence-electron chi connectivity index (χ4n) is 5.83. The topological polar surface area (TPSA) is 104 Å². The molecule has 0 unspecified atom stereocenters. The number of fused-ring (bicyclic) bond motifs is 2. The zero-order valence-corrected chi connectivity index (χ0v) is 25.7. The van der Waals surface area contributed by atoms with Crippen LogP contribution in [0.1, 0.15) is 24.4 Å². The highest BCUT2D eigenvalue weighted by atomic mass is 35.5. The molecule has 1 aliphatic heterocycles. The van der Waals surface area contributed by atoms with Crippen molar-refractivity contribution in [1.29, 1.82) is 0 Å². The monoisotopic (exact) mass is 659 g/mol. The maximum atomic E-state index is 12.7. The number of piperidine rings is 1. The summed E-state index contributed by atoms with van der Waals surface area (Å²) in [5, 5.41) is 7.76. The summed E-state index contributed by atoms with van der Waals surface area (Å²) in [5.74, 6) is -2.76. The Labute approximate surface area is 272 Å². The molecule has 12 heteroatoms. The quantitative estimate of drug-likeness (QED) is 0.196. The number of likely N-dealkylation sites (tertiary alicyclic amines) is 1. The van der Waals surface area contributed by atoms with Crippen molar-refractivity contribution in [2.45, 2.75) is 31.6 Å². The standard InChI is InChI=1S/C33H28ClN5O.C2HF3O2/c34-25-14-15-30-29(20-25)37-33(40)39(30)26-16-18-38(19-17-26)21-22-10-12-24(13-11-22)32-31(23-6-2-1-3-7-23)35-27-8-4-5-9-28(27)36-32;3-2(4,5)1(6)7/h1-15,20,26H,16-19,21H2,(H,37,40);(H,6,7). The number of alkyl halides is 3. The molecule has 2 aromatic heterocycles. The smallest absolute Gasteiger partial charge is 0.475 e. The van der Waals surface area contributed by atoms with E-state index in [1.165, 1.54) is 5.56 Å². The van der Waals surface area contributed by atoms with Gasteiger partial charge in [-0.25, -0.2) is 19.6 Å². The van der Waals surface area contributed by atoms with Crippen molar-refractivity contribution >= 4 is 39.6 Å². The number of para-hydroxylation sites is 2. The van der Waals surface area contributed by atoms with Gasteiger partial charge in [0, 0.05) is 41.8 Å². The number of rotatable bonds is 5. The molecule has 1 fully saturated rings. The second kappa shape index (κ2) is 13.4. The van der Waals surface area contributed by atoms with Gasteiger partial charge in [-0.3, -0.25) is 9.47 Å². The largest absolute Gasteiger partial charge is 0.490 e. The van der Waals surface area contributed by atoms with Gasteiger partial charge in [-0.2, -0.15) is 13.2 Å². The Bertz CT molecular complexity index is 2090. The first kappa shape index (κ1) is 32.0. The Morgan fingerprint density at radius 2 is 1.40 bits per heavy atom. The normalized spacial score (nSPS) is 14.2. The van der Waals surface area contributed by atoms with Crippen LogP contribution in [0.15, 0.2) is 102 Å². The highest BCUT2D eigenvalue weighted by Crippen LogP contribution is 2.32. The number of carboxylic acid groups (broad SMARTS) is 1. The molecule has 8 nitrogen and oxygen atoms in total. The van der Waals surface area contributed by atoms with Crippen molar-refractivity contribution in [2.75, 3.05) is 13.1 Å². The van der Waals surface area contributed by atoms with E-state index >= 15 is 0 Å². The van der Waals surface area contributed by atoms with Gasteiger partial charge < -0.3 is 10.1 Å². The lowest BCUT2D eigenvalue weighted by Crippen LogP contribution is -2.36. The average Bonchev–Trinajstić information content (AvgIpc) is 3.39. The van der Waals surface area contributed by atoms with Gasteiger partial charge in [0.2, 0.25) is 0 Å². The summed E-state index contributed by atoms with van der Waals surface area (Å²) in [6, 6.07) is 32.8. The number of aromatic nitrogens is 4. The predicted octanol–water partition coefficient (Wildman–Crippen LogP) is 7.73. The van der Waals surface area contributed by atoms with Crippen LogP contribution in [0.25, 0.3) is 44.6 Å². The van der Waals surface area contributed by atoms with Crippen molar-refractivity contribution < 1.29 is 23.1 Å². The Morgan fingerprint density at radius 3 is 1.98 bits per heavy atom. The summed E-state index contributed by atoms with van der Waals surface area (Å²) in [6.07, 6.45) is -3.22. The molecule has 0 bridgehead atoms. The van der Waals surface area contributed by atoms with E-state index in [1.54, 1.807) is 0 Å². The first-order valence-corrected chi connectivity index (χ1v) is 15.3. The van der Waals surface area contributed by atoms with E-state index in [1.807, 2.05) is 65.2 Å². The van der Waals surface area contributed by atoms with Crippen molar-refractivity contribution in [3.63, 3.8) is 0 Å². The number of hydrogen-bond acceptors (Lipinski definition) is 5. The molecule has 2 N–H and O–H groups in total. The number of carbonyl (C=O) groups is 1. The Balaban J connectivity index is 0.000000499. The number of aromatic amines is 1. The van der Waals surface area contributed by atoms with E-state index in [9.17, 15) is 18.0 Å². The van der Waals surface area contributed by atoms with Crippen LogP contribution in [0, 0.1) is 0 Å². The number of imidazole rings is 1. The molecule has 3 heterocycles. The third-order valence-corrected chi connectivity index (χ3v) is 8.33. The highest BCUT2D eigenvalue weighted by Gasteiger charge is 2.38. The third kappa shape index (κ3) is 7.21. The number of benzene rings is 4. The van der Waals surface area contributed by atoms with Crippen LogP contribution < -0.4 is 5.69 Å². The van der Waals surface area contributed by atoms with Crippen LogP contribution >= 0.6 is 11.6 Å². The lowest BCUT2D eigenvalue weighted by atomic mass is 10.0. The minimum Gasteiger partial charge on any atom is -0.475 e. The van der Waals surface area contributed by atoms with E-state index in [0.717, 1.165) is 77.1 Å². The summed E-state index contributed by atoms with van der Waals surface area (Å²) in [6.45, 7) is 2.75. The number of nitrogens with one attached hydrogen (secondary N) is 1. The Hall–Kier alpha value is -5.00. The van der Waals surface area contributed by atoms with Crippen LogP contribution in [0.5, 0.6) is 0 Å². The summed E-state index contributed by atoms with van der Waals surface area (Å²) >= 11 is 6.12. The zero-order chi connectivity index (χ0) is 33.1. The molecule has 0 spiro atoms. The minimum absolute atomic E-state index is 0.0574. The molecule has 240 valence electrons. The summed E-state index contributed by atoms with van der Waals surface area (Å²) in [5.41, 5.74) is 8.60. The number of carboxylic acids is 1. The van der Waals surface area contributed by atoms with E-state index in [-0.39, 0.29) is 11.7 Å². The summed E-state index contributed by atoms with van der Waals surface area (Å²) < 4.78 is 33.6. The number of halogens is 4. The molecule has 1 aliphatic rings. The van der Waals surface area contributed by atoms with Gasteiger partial charge in [0.15, 0.2) is 0 Å². The minimum atomic E-state index is -5.08. The van der Waals surface area contributed by atoms with E-state index in [2.05, 4.69) is 46.3 Å². The highest BCUT2D eigenvalue weighted by molar-refractivity contribution is 6.31. The second-order valence-electron chi connectivity index (χ2n) is 11.2. The van der Waals surface area contributed by atoms with E-state index in [0.29, 0.717) is 5.02 Å². The van der Waals surface area contributed by atoms with Gasteiger partial charge in [0.05, 0.1) is 33.5 Å². The van der Waals surface area contributed by atoms with Gasteiger partial charge in [0.1, 0.15) is 0 Å². The first-order chi connectivity index (χ1) is 22.6. The fourth-order valence-corrected chi connectivity index (χ4v) is 6.00. The third-order valence-electron chi connectivity index (χ3n) is 8.09. The van der Waals surface area contributed by atoms with Gasteiger partial charge in [-0.15, -0.1) is 0 Å². The number of nitrogens with zero attached hydrogens (tertiary/aromatic N) is 4. The van der Waals surface area contributed by atoms with Gasteiger partial charge in [-0.05, 0) is 48.7 Å². The molecule has 0 radical (unpaired) electrons. The van der Waals surface area contributed by atoms with Crippen LogP contribution in [0.4, 0.5) is 13.2 Å². The molecule has 47 heavy (non-hydrogen) atoms. The molecule has 0 amide bonds. The molecule has 1 saturated heterocycles. The van der Waals surface area contributed by atoms with Crippen LogP contribution in [0.2, 0.25) is 5.02 Å². The van der Waals surface area contributed by atoms with Gasteiger partial charge >= 0.3 is 17.8 Å². The van der Waals surface area contributed by atoms with E-state index < -0.39 is 12.1 Å². The van der Waals surface area contributed by atoms with Crippen LogP contribution in [-0.2, 0) is 11.3 Å². The van der Waals surface area contributed by atoms with Gasteiger partial charge in [0.25, 0.3) is 0 Å². The van der Waals surface area contributed by atoms with Crippen LogP contribution in [0.3, 0.4) is 0 Å². The molecule has 0 saturated carbocycles. The van der Waals surface area contributed by atoms with Crippen molar-refractivity contribution in [1.82, 2.24) is 24.4 Å². The van der Waals surface area contributed by atoms with Gasteiger partial charge in [-0.1, -0.05) is 78.3 Å². The molecule has 0 atom stereocenters. The fraction of sp³-hybridized carbons (Fsp3) is 0.200. The SMILES string of the molecule is O=C(O)C(F)(F)F.O=c1[nH]c2cc(Cl)ccc2n1C1CCN(Cc2ccc(-c3nc4ccccc4nc3-c3ccccc3)cc2)CC1. The summed E-state index contributed by atoms with van der Waals surface area (Å²) in [7, 11) is 0. The Kier molecular flexibility index (Phi) is 9.10. The first-order valence-electron chi connectivity index (χ1n) is 14.9. The average molecular weight is 660 g/mol. The predicted molar refractivity (Wildman–Crippen MR) is 175 cm³/mol. The lowest BCUT2D eigenvalue weighted by molar-refractivity contribution is -0.192. The number of H-pyrrole nitrogens is 1. The van der Waals surface area contributed by atoms with Crippen LogP contribution in [-0.4, -0.2) is 54.8 Å². The molecular weight excluding hydrogens is 631 g/mol. The number of hydrogen-bond donors (Lipinski definition) is 2.